The van der Waals surface area contributed by atoms with E-state index in [1.54, 1.807) is 12.1 Å². The van der Waals surface area contributed by atoms with Gasteiger partial charge in [-0.1, -0.05) is 17.7 Å². The van der Waals surface area contributed by atoms with Crippen molar-refractivity contribution in [1.29, 1.82) is 0 Å². The van der Waals surface area contributed by atoms with Crippen molar-refractivity contribution in [3.8, 4) is 0 Å². The van der Waals surface area contributed by atoms with Crippen molar-refractivity contribution in [3.05, 3.63) is 28.8 Å². The van der Waals surface area contributed by atoms with Gasteiger partial charge in [0.1, 0.15) is 0 Å². The lowest BCUT2D eigenvalue weighted by Crippen LogP contribution is -2.53. The Bertz CT molecular complexity index is 609. The van der Waals surface area contributed by atoms with Crippen LogP contribution in [0, 0.1) is 12.8 Å². The van der Waals surface area contributed by atoms with Crippen molar-refractivity contribution >= 4 is 33.2 Å². The number of carbonyl (C=O) groups is 1. The maximum atomic E-state index is 11.9. The van der Waals surface area contributed by atoms with Crippen LogP contribution in [-0.2, 0) is 14.8 Å². The summed E-state index contributed by atoms with van der Waals surface area (Å²) in [6, 6.07) is 5.27. The van der Waals surface area contributed by atoms with Gasteiger partial charge in [-0.3, -0.25) is 4.79 Å². The third-order valence-electron chi connectivity index (χ3n) is 3.13. The lowest BCUT2D eigenvalue weighted by molar-refractivity contribution is -0.122. The molecule has 2 rings (SSSR count). The number of anilines is 1. The first kappa shape index (κ1) is 14.3. The van der Waals surface area contributed by atoms with E-state index >= 15 is 0 Å². The van der Waals surface area contributed by atoms with Gasteiger partial charge in [0.05, 0.1) is 12.2 Å². The number of nitrogens with one attached hydrogen (secondary N) is 1. The molecule has 1 fully saturated rings. The molecule has 1 N–H and O–H groups in total. The van der Waals surface area contributed by atoms with Crippen molar-refractivity contribution in [3.63, 3.8) is 0 Å². The summed E-state index contributed by atoms with van der Waals surface area (Å²) in [4.78, 5) is 11.9. The van der Waals surface area contributed by atoms with Gasteiger partial charge < -0.3 is 5.32 Å². The van der Waals surface area contributed by atoms with Crippen LogP contribution in [0.2, 0.25) is 5.02 Å². The molecule has 0 radical (unpaired) electrons. The average molecular weight is 303 g/mol. The number of halogens is 1. The standard InChI is InChI=1S/C12H15ClN2O3S/c1-8-3-4-10(5-11(8)13)14-12(16)9-6-15(7-9)19(2,17)18/h3-5,9H,6-7H2,1-2H3,(H,14,16). The fourth-order valence-electron chi connectivity index (χ4n) is 1.79. The Labute approximate surface area is 117 Å². The van der Waals surface area contributed by atoms with Crippen molar-refractivity contribution < 1.29 is 13.2 Å². The van der Waals surface area contributed by atoms with E-state index < -0.39 is 10.0 Å². The smallest absolute Gasteiger partial charge is 0.230 e. The maximum Gasteiger partial charge on any atom is 0.230 e. The first-order valence-electron chi connectivity index (χ1n) is 5.79. The second kappa shape index (κ2) is 5.11. The van der Waals surface area contributed by atoms with Gasteiger partial charge in [-0.05, 0) is 24.6 Å². The van der Waals surface area contributed by atoms with E-state index in [0.717, 1.165) is 11.8 Å². The van der Waals surface area contributed by atoms with Crippen LogP contribution in [0.3, 0.4) is 0 Å². The first-order chi connectivity index (χ1) is 8.77. The van der Waals surface area contributed by atoms with Gasteiger partial charge in [0.25, 0.3) is 0 Å². The summed E-state index contributed by atoms with van der Waals surface area (Å²) in [5, 5.41) is 3.33. The molecule has 1 heterocycles. The van der Waals surface area contributed by atoms with Crippen molar-refractivity contribution in [2.24, 2.45) is 5.92 Å². The monoisotopic (exact) mass is 302 g/mol. The zero-order valence-corrected chi connectivity index (χ0v) is 12.3. The first-order valence-corrected chi connectivity index (χ1v) is 8.02. The molecule has 1 aromatic carbocycles. The van der Waals surface area contributed by atoms with Gasteiger partial charge in [0.15, 0.2) is 0 Å². The van der Waals surface area contributed by atoms with Gasteiger partial charge in [0.2, 0.25) is 15.9 Å². The summed E-state index contributed by atoms with van der Waals surface area (Å²) < 4.78 is 23.7. The van der Waals surface area contributed by atoms with E-state index in [0.29, 0.717) is 10.7 Å². The fraction of sp³-hybridized carbons (Fsp3) is 0.417. The van der Waals surface area contributed by atoms with E-state index in [1.165, 1.54) is 4.31 Å². The Morgan fingerprint density at radius 1 is 1.42 bits per heavy atom. The second-order valence-corrected chi connectivity index (χ2v) is 7.12. The van der Waals surface area contributed by atoms with E-state index in [1.807, 2.05) is 13.0 Å². The summed E-state index contributed by atoms with van der Waals surface area (Å²) in [5.41, 5.74) is 1.56. The summed E-state index contributed by atoms with van der Waals surface area (Å²) in [6.45, 7) is 2.36. The Balaban J connectivity index is 1.94. The van der Waals surface area contributed by atoms with Gasteiger partial charge >= 0.3 is 0 Å². The van der Waals surface area contributed by atoms with E-state index in [-0.39, 0.29) is 24.9 Å². The molecule has 0 saturated carbocycles. The number of hydrogen-bond acceptors (Lipinski definition) is 3. The van der Waals surface area contributed by atoms with Gasteiger partial charge in [-0.15, -0.1) is 0 Å². The minimum atomic E-state index is -3.19. The summed E-state index contributed by atoms with van der Waals surface area (Å²) >= 11 is 5.97. The number of benzene rings is 1. The largest absolute Gasteiger partial charge is 0.326 e. The molecule has 0 unspecified atom stereocenters. The Morgan fingerprint density at radius 2 is 2.05 bits per heavy atom. The molecule has 1 aromatic rings. The minimum Gasteiger partial charge on any atom is -0.326 e. The number of aryl methyl sites for hydroxylation is 1. The molecule has 1 amide bonds. The predicted molar refractivity (Wildman–Crippen MR) is 74.7 cm³/mol. The van der Waals surface area contributed by atoms with Gasteiger partial charge in [-0.25, -0.2) is 12.7 Å². The van der Waals surface area contributed by atoms with Crippen molar-refractivity contribution in [2.75, 3.05) is 24.7 Å². The van der Waals surface area contributed by atoms with Crippen molar-refractivity contribution in [2.45, 2.75) is 6.92 Å². The molecular weight excluding hydrogens is 288 g/mol. The number of sulfonamides is 1. The molecule has 7 heteroatoms. The zero-order valence-electron chi connectivity index (χ0n) is 10.7. The van der Waals surface area contributed by atoms with Crippen LogP contribution in [0.1, 0.15) is 5.56 Å². The maximum absolute atomic E-state index is 11.9. The molecule has 1 aliphatic rings. The molecule has 19 heavy (non-hydrogen) atoms. The van der Waals surface area contributed by atoms with Crippen LogP contribution < -0.4 is 5.32 Å². The Kier molecular flexibility index (Phi) is 3.85. The molecule has 5 nitrogen and oxygen atoms in total. The fourth-order valence-corrected chi connectivity index (χ4v) is 2.87. The molecule has 104 valence electrons. The van der Waals surface area contributed by atoms with Crippen LogP contribution in [0.4, 0.5) is 5.69 Å². The van der Waals surface area contributed by atoms with Crippen LogP contribution in [0.15, 0.2) is 18.2 Å². The topological polar surface area (TPSA) is 66.5 Å². The highest BCUT2D eigenvalue weighted by molar-refractivity contribution is 7.88. The summed E-state index contributed by atoms with van der Waals surface area (Å²) in [7, 11) is -3.19. The molecule has 0 spiro atoms. The highest BCUT2D eigenvalue weighted by Crippen LogP contribution is 2.23. The number of carbonyl (C=O) groups excluding carboxylic acids is 1. The van der Waals surface area contributed by atoms with Crippen LogP contribution in [0.5, 0.6) is 0 Å². The molecule has 0 bridgehead atoms. The summed E-state index contributed by atoms with van der Waals surface area (Å²) in [6.07, 6.45) is 1.14. The molecular formula is C12H15ClN2O3S. The number of rotatable bonds is 3. The Hall–Kier alpha value is -1.11. The van der Waals surface area contributed by atoms with Gasteiger partial charge in [-0.2, -0.15) is 0 Å². The molecule has 1 aliphatic heterocycles. The predicted octanol–water partition coefficient (Wildman–Crippen LogP) is 1.48. The minimum absolute atomic E-state index is 0.181. The lowest BCUT2D eigenvalue weighted by atomic mass is 10.0. The third-order valence-corrected chi connectivity index (χ3v) is 4.77. The van der Waals surface area contributed by atoms with Crippen LogP contribution in [0.25, 0.3) is 0 Å². The molecule has 0 atom stereocenters. The average Bonchev–Trinajstić information content (AvgIpc) is 2.19. The SMILES string of the molecule is Cc1ccc(NC(=O)C2CN(S(C)(=O)=O)C2)cc1Cl. The highest BCUT2D eigenvalue weighted by atomic mass is 35.5. The number of amides is 1. The molecule has 0 aliphatic carbocycles. The quantitative estimate of drug-likeness (QED) is 0.919. The Morgan fingerprint density at radius 3 is 2.58 bits per heavy atom. The van der Waals surface area contributed by atoms with Crippen LogP contribution >= 0.6 is 11.6 Å². The number of nitrogens with zero attached hydrogens (tertiary/aromatic N) is 1. The lowest BCUT2D eigenvalue weighted by Gasteiger charge is -2.35. The van der Waals surface area contributed by atoms with Crippen molar-refractivity contribution in [1.82, 2.24) is 4.31 Å². The summed E-state index contributed by atoms with van der Waals surface area (Å²) in [5.74, 6) is -0.477. The van der Waals surface area contributed by atoms with E-state index in [9.17, 15) is 13.2 Å². The highest BCUT2D eigenvalue weighted by Gasteiger charge is 2.37. The zero-order chi connectivity index (χ0) is 14.2. The second-order valence-electron chi connectivity index (χ2n) is 4.73. The number of hydrogen-bond donors (Lipinski definition) is 1. The third kappa shape index (κ3) is 3.26. The molecule has 1 saturated heterocycles. The van der Waals surface area contributed by atoms with E-state index in [2.05, 4.69) is 5.32 Å². The normalized spacial score (nSPS) is 17.0. The van der Waals surface area contributed by atoms with Gasteiger partial charge in [0, 0.05) is 23.8 Å². The van der Waals surface area contributed by atoms with E-state index in [4.69, 9.17) is 11.6 Å². The van der Waals surface area contributed by atoms with Crippen LogP contribution in [-0.4, -0.2) is 38.0 Å². The molecule has 0 aromatic heterocycles.